The van der Waals surface area contributed by atoms with E-state index in [1.54, 1.807) is 0 Å². The molecule has 6 heavy (non-hydrogen) atoms. The van der Waals surface area contributed by atoms with Crippen molar-refractivity contribution in [3.05, 3.63) is 0 Å². The second kappa shape index (κ2) is 68.9. The summed E-state index contributed by atoms with van der Waals surface area (Å²) in [6.45, 7) is 0. The van der Waals surface area contributed by atoms with Gasteiger partial charge in [0.25, 0.3) is 0 Å². The summed E-state index contributed by atoms with van der Waals surface area (Å²) in [5.74, 6) is 0. The third-order valence-electron chi connectivity index (χ3n) is 0. The van der Waals surface area contributed by atoms with Gasteiger partial charge in [-0.25, -0.2) is 0 Å². The molecule has 0 bridgehead atoms. The second-order valence-corrected chi connectivity index (χ2v) is 0. The molecule has 0 aromatic heterocycles. The maximum atomic E-state index is 0. The Hall–Kier alpha value is 1.84. The maximum Gasteiger partial charge on any atom is 2.00 e. The summed E-state index contributed by atoms with van der Waals surface area (Å²) in [7, 11) is 0. The van der Waals surface area contributed by atoms with Gasteiger partial charge < -0.3 is 16.4 Å². The first-order chi connectivity index (χ1) is 0. The first-order valence-corrected chi connectivity index (χ1v) is 0. The number of hydrogen-bond donors (Lipinski definition) is 0. The Morgan fingerprint density at radius 2 is 0.667 bits per heavy atom. The monoisotopic (exact) mass is 281 g/mol. The Bertz CT molecular complexity index is 10.8. The van der Waals surface area contributed by atoms with Gasteiger partial charge in [-0.05, 0) is 0 Å². The van der Waals surface area contributed by atoms with E-state index in [9.17, 15) is 0 Å². The van der Waals surface area contributed by atoms with E-state index < -0.39 is 0 Å². The molecule has 3 nitrogen and oxygen atoms in total. The summed E-state index contributed by atoms with van der Waals surface area (Å²) in [6.07, 6.45) is 0. The van der Waals surface area contributed by atoms with Gasteiger partial charge in [0.2, 0.25) is 0 Å². The fraction of sp³-hybridized carbons (Fsp3) is 0. The molecule has 1 radical (unpaired) electrons. The molecule has 0 atom stereocenters. The standard InChI is InChI=1S/Cd.Cu.Fe.3O/q3*+2;3*-2. The predicted octanol–water partition coefficient (Wildman–Crippen LogP) is -0.364. The maximum absolute atomic E-state index is 0. The van der Waals surface area contributed by atoms with Crippen molar-refractivity contribution in [1.82, 2.24) is 0 Å². The average molecular weight is 280 g/mol. The van der Waals surface area contributed by atoms with Gasteiger partial charge in [-0.3, -0.25) is 0 Å². The van der Waals surface area contributed by atoms with Crippen molar-refractivity contribution in [3.63, 3.8) is 0 Å². The summed E-state index contributed by atoms with van der Waals surface area (Å²) < 4.78 is 0. The third kappa shape index (κ3) is 40.4. The topological polar surface area (TPSA) is 85.5 Å². The van der Waals surface area contributed by atoms with Crippen molar-refractivity contribution in [2.24, 2.45) is 0 Å². The van der Waals surface area contributed by atoms with Gasteiger partial charge in [0, 0.05) is 0 Å². The van der Waals surface area contributed by atoms with E-state index >= 15 is 0 Å². The molecular formula is CdCuFeO3. The van der Waals surface area contributed by atoms with Crippen LogP contribution in [-0.2, 0) is 77.9 Å². The molecule has 0 saturated heterocycles. The van der Waals surface area contributed by atoms with Gasteiger partial charge in [0.15, 0.2) is 0 Å². The van der Waals surface area contributed by atoms with Crippen LogP contribution >= 0.6 is 0 Å². The summed E-state index contributed by atoms with van der Waals surface area (Å²) >= 11 is 0. The van der Waals surface area contributed by atoms with Crippen LogP contribution in [0.4, 0.5) is 0 Å². The zero-order chi connectivity index (χ0) is 0. The van der Waals surface area contributed by atoms with Crippen molar-refractivity contribution in [3.8, 4) is 0 Å². The van der Waals surface area contributed by atoms with Crippen LogP contribution < -0.4 is 0 Å². The van der Waals surface area contributed by atoms with Gasteiger partial charge in [0.1, 0.15) is 0 Å². The zero-order valence-electron chi connectivity index (χ0n) is 2.59. The molecule has 0 aromatic carbocycles. The van der Waals surface area contributed by atoms with E-state index in [4.69, 9.17) is 0 Å². The van der Waals surface area contributed by atoms with E-state index in [0.717, 1.165) is 0 Å². The Balaban J connectivity index is 0. The SMILES string of the molecule is [Cd+2].[Cu+2].[Fe+2].[O-2].[O-2].[O-2]. The van der Waals surface area contributed by atoms with Gasteiger partial charge in [-0.15, -0.1) is 0 Å². The molecule has 0 spiro atoms. The van der Waals surface area contributed by atoms with Gasteiger partial charge in [0.05, 0.1) is 0 Å². The smallest absolute Gasteiger partial charge is 2.00 e. The number of hydrogen-bond acceptors (Lipinski definition) is 0. The van der Waals surface area contributed by atoms with Crippen molar-refractivity contribution in [2.75, 3.05) is 0 Å². The quantitative estimate of drug-likeness (QED) is 0.542. The van der Waals surface area contributed by atoms with Crippen LogP contribution in [0.2, 0.25) is 0 Å². The van der Waals surface area contributed by atoms with Crippen molar-refractivity contribution in [2.45, 2.75) is 0 Å². The van der Waals surface area contributed by atoms with Crippen LogP contribution in [0.25, 0.3) is 0 Å². The molecule has 0 aliphatic carbocycles. The van der Waals surface area contributed by atoms with Crippen molar-refractivity contribution >= 4 is 0 Å². The normalized spacial score (nSPS) is 0. The molecule has 0 unspecified atom stereocenters. The van der Waals surface area contributed by atoms with E-state index in [-0.39, 0.29) is 77.9 Å². The summed E-state index contributed by atoms with van der Waals surface area (Å²) in [6, 6.07) is 0. The summed E-state index contributed by atoms with van der Waals surface area (Å²) in [4.78, 5) is 0. The largest absolute Gasteiger partial charge is 2.00 e. The minimum atomic E-state index is 0. The third-order valence-corrected chi connectivity index (χ3v) is 0. The van der Waals surface area contributed by atoms with Crippen molar-refractivity contribution in [1.29, 1.82) is 0 Å². The molecule has 0 fully saturated rings. The molecule has 0 rings (SSSR count). The molecule has 0 N–H and O–H groups in total. The Labute approximate surface area is 77.3 Å². The number of rotatable bonds is 0. The molecule has 0 aromatic rings. The van der Waals surface area contributed by atoms with Gasteiger partial charge in [-0.2, -0.15) is 0 Å². The molecule has 0 saturated carbocycles. The van der Waals surface area contributed by atoms with Crippen LogP contribution in [0.15, 0.2) is 0 Å². The van der Waals surface area contributed by atoms with E-state index in [1.807, 2.05) is 0 Å². The van der Waals surface area contributed by atoms with Gasteiger partial charge >= 0.3 is 61.4 Å². The molecule has 39 valence electrons. The van der Waals surface area contributed by atoms with Crippen LogP contribution in [0, 0.1) is 0 Å². The van der Waals surface area contributed by atoms with Crippen LogP contribution in [-0.4, -0.2) is 0 Å². The van der Waals surface area contributed by atoms with E-state index in [2.05, 4.69) is 0 Å². The summed E-state index contributed by atoms with van der Waals surface area (Å²) in [5, 5.41) is 0. The zero-order valence-corrected chi connectivity index (χ0v) is 8.67. The van der Waals surface area contributed by atoms with Crippen LogP contribution in [0.3, 0.4) is 0 Å². The Morgan fingerprint density at radius 1 is 0.667 bits per heavy atom. The minimum Gasteiger partial charge on any atom is -2.00 e. The fourth-order valence-corrected chi connectivity index (χ4v) is 0. The second-order valence-electron chi connectivity index (χ2n) is 0. The molecule has 6 heteroatoms. The summed E-state index contributed by atoms with van der Waals surface area (Å²) in [5.41, 5.74) is 0. The first kappa shape index (κ1) is 108. The molecule has 0 heterocycles. The minimum absolute atomic E-state index is 0. The molecular weight excluding hydrogens is 280 g/mol. The molecule has 0 amide bonds. The average Bonchev–Trinajstić information content (AvgIpc) is 0. The van der Waals surface area contributed by atoms with Crippen LogP contribution in [0.5, 0.6) is 0 Å². The van der Waals surface area contributed by atoms with Crippen LogP contribution in [0.1, 0.15) is 0 Å². The Morgan fingerprint density at radius 3 is 0.667 bits per heavy atom. The fourth-order valence-electron chi connectivity index (χ4n) is 0. The van der Waals surface area contributed by atoms with Crippen molar-refractivity contribution < 1.29 is 77.9 Å². The predicted molar refractivity (Wildman–Crippen MR) is 2.06 cm³/mol. The molecule has 0 aliphatic heterocycles. The van der Waals surface area contributed by atoms with E-state index in [0.29, 0.717) is 0 Å². The first-order valence-electron chi connectivity index (χ1n) is 0. The van der Waals surface area contributed by atoms with E-state index in [1.165, 1.54) is 0 Å². The Kier molecular flexibility index (Phi) is 1240. The molecule has 0 aliphatic rings. The van der Waals surface area contributed by atoms with Gasteiger partial charge in [-0.1, -0.05) is 0 Å².